The third-order valence-electron chi connectivity index (χ3n) is 4.02. The van der Waals surface area contributed by atoms with Gasteiger partial charge in [-0.1, -0.05) is 30.3 Å². The molecule has 1 aromatic rings. The summed E-state index contributed by atoms with van der Waals surface area (Å²) in [6, 6.07) is 9.78. The van der Waals surface area contributed by atoms with E-state index >= 15 is 0 Å². The SMILES string of the molecule is CC1OC[C@H]([C@@H](C)O)N(CCc2ccccc2)C1C=O. The maximum absolute atomic E-state index is 11.4. The molecule has 1 saturated heterocycles. The Hall–Kier alpha value is -1.23. The number of nitrogens with zero attached hydrogens (tertiary/aromatic N) is 1. The van der Waals surface area contributed by atoms with E-state index in [1.54, 1.807) is 6.92 Å². The van der Waals surface area contributed by atoms with Crippen LogP contribution in [0.25, 0.3) is 0 Å². The Kier molecular flexibility index (Phi) is 5.29. The molecule has 4 nitrogen and oxygen atoms in total. The second-order valence-corrected chi connectivity index (χ2v) is 5.45. The predicted octanol–water partition coefficient (Wildman–Crippen LogP) is 1.27. The van der Waals surface area contributed by atoms with Gasteiger partial charge in [-0.2, -0.15) is 0 Å². The molecule has 0 aliphatic carbocycles. The van der Waals surface area contributed by atoms with E-state index in [9.17, 15) is 9.90 Å². The molecule has 1 N–H and O–H groups in total. The molecule has 110 valence electrons. The Morgan fingerprint density at radius 3 is 2.75 bits per heavy atom. The highest BCUT2D eigenvalue weighted by Gasteiger charge is 2.37. The van der Waals surface area contributed by atoms with E-state index < -0.39 is 6.10 Å². The number of aliphatic hydroxyl groups is 1. The second-order valence-electron chi connectivity index (χ2n) is 5.45. The first-order valence-electron chi connectivity index (χ1n) is 7.18. The van der Waals surface area contributed by atoms with Gasteiger partial charge in [0.15, 0.2) is 0 Å². The summed E-state index contributed by atoms with van der Waals surface area (Å²) in [5.41, 5.74) is 1.24. The standard InChI is InChI=1S/C16H23NO3/c1-12(19)16-11-20-13(2)15(10-18)17(16)9-8-14-6-4-3-5-7-14/h3-7,10,12-13,15-16,19H,8-9,11H2,1-2H3/t12-,13?,15?,16-/m1/s1. The number of aldehydes is 1. The second kappa shape index (κ2) is 6.97. The first-order valence-corrected chi connectivity index (χ1v) is 7.18. The topological polar surface area (TPSA) is 49.8 Å². The minimum Gasteiger partial charge on any atom is -0.392 e. The van der Waals surface area contributed by atoms with Crippen LogP contribution >= 0.6 is 0 Å². The van der Waals surface area contributed by atoms with E-state index in [-0.39, 0.29) is 18.2 Å². The molecule has 1 heterocycles. The molecule has 4 heteroatoms. The predicted molar refractivity (Wildman–Crippen MR) is 77.6 cm³/mol. The minimum absolute atomic E-state index is 0.120. The molecule has 2 unspecified atom stereocenters. The van der Waals surface area contributed by atoms with Crippen LogP contribution in [0.2, 0.25) is 0 Å². The van der Waals surface area contributed by atoms with E-state index in [0.717, 1.165) is 19.3 Å². The zero-order valence-electron chi connectivity index (χ0n) is 12.1. The lowest BCUT2D eigenvalue weighted by molar-refractivity contribution is -0.141. The molecule has 0 spiro atoms. The average Bonchev–Trinajstić information content (AvgIpc) is 2.45. The van der Waals surface area contributed by atoms with Crippen LogP contribution in [-0.4, -0.2) is 53.7 Å². The number of hydrogen-bond donors (Lipinski definition) is 1. The molecule has 2 rings (SSSR count). The van der Waals surface area contributed by atoms with Gasteiger partial charge in [0.1, 0.15) is 6.29 Å². The van der Waals surface area contributed by atoms with Crippen LogP contribution in [-0.2, 0) is 16.0 Å². The van der Waals surface area contributed by atoms with Gasteiger partial charge in [-0.15, -0.1) is 0 Å². The summed E-state index contributed by atoms with van der Waals surface area (Å²) in [5, 5.41) is 9.91. The highest BCUT2D eigenvalue weighted by molar-refractivity contribution is 5.59. The highest BCUT2D eigenvalue weighted by atomic mass is 16.5. The lowest BCUT2D eigenvalue weighted by Crippen LogP contribution is -2.60. The smallest absolute Gasteiger partial charge is 0.139 e. The maximum atomic E-state index is 11.4. The van der Waals surface area contributed by atoms with E-state index in [4.69, 9.17) is 4.74 Å². The normalized spacial score (nSPS) is 29.1. The molecule has 0 saturated carbocycles. The van der Waals surface area contributed by atoms with Crippen LogP contribution in [0.5, 0.6) is 0 Å². The number of aliphatic hydroxyl groups excluding tert-OH is 1. The lowest BCUT2D eigenvalue weighted by atomic mass is 10.0. The molecule has 0 bridgehead atoms. The fraction of sp³-hybridized carbons (Fsp3) is 0.562. The Labute approximate surface area is 120 Å². The molecule has 20 heavy (non-hydrogen) atoms. The molecular formula is C16H23NO3. The largest absolute Gasteiger partial charge is 0.392 e. The summed E-state index contributed by atoms with van der Waals surface area (Å²) in [6.07, 6.45) is 1.16. The van der Waals surface area contributed by atoms with Gasteiger partial charge in [-0.05, 0) is 25.8 Å². The van der Waals surface area contributed by atoms with E-state index in [1.807, 2.05) is 25.1 Å². The summed E-state index contributed by atoms with van der Waals surface area (Å²) in [4.78, 5) is 13.4. The van der Waals surface area contributed by atoms with E-state index in [0.29, 0.717) is 6.61 Å². The quantitative estimate of drug-likeness (QED) is 0.823. The van der Waals surface area contributed by atoms with E-state index in [2.05, 4.69) is 17.0 Å². The summed E-state index contributed by atoms with van der Waals surface area (Å²) >= 11 is 0. The number of hydrogen-bond acceptors (Lipinski definition) is 4. The molecule has 0 aromatic heterocycles. The van der Waals surface area contributed by atoms with E-state index in [1.165, 1.54) is 5.56 Å². The molecule has 1 aliphatic rings. The van der Waals surface area contributed by atoms with Crippen molar-refractivity contribution < 1.29 is 14.6 Å². The van der Waals surface area contributed by atoms with Gasteiger partial charge >= 0.3 is 0 Å². The zero-order chi connectivity index (χ0) is 14.5. The zero-order valence-corrected chi connectivity index (χ0v) is 12.1. The van der Waals surface area contributed by atoms with Crippen molar-refractivity contribution in [1.82, 2.24) is 4.90 Å². The van der Waals surface area contributed by atoms with Crippen LogP contribution in [0.1, 0.15) is 19.4 Å². The van der Waals surface area contributed by atoms with Crippen LogP contribution in [0.3, 0.4) is 0 Å². The van der Waals surface area contributed by atoms with Crippen molar-refractivity contribution in [1.29, 1.82) is 0 Å². The first kappa shape index (κ1) is 15.2. The molecule has 1 fully saturated rings. The van der Waals surface area contributed by atoms with Crippen molar-refractivity contribution in [2.45, 2.75) is 44.6 Å². The van der Waals surface area contributed by atoms with Gasteiger partial charge in [0.2, 0.25) is 0 Å². The van der Waals surface area contributed by atoms with Crippen LogP contribution in [0.15, 0.2) is 30.3 Å². The molecule has 4 atom stereocenters. The number of ether oxygens (including phenoxy) is 1. The van der Waals surface area contributed by atoms with Crippen molar-refractivity contribution in [2.75, 3.05) is 13.2 Å². The van der Waals surface area contributed by atoms with Gasteiger partial charge < -0.3 is 14.6 Å². The van der Waals surface area contributed by atoms with Crippen molar-refractivity contribution in [3.63, 3.8) is 0 Å². The van der Waals surface area contributed by atoms with Crippen molar-refractivity contribution in [2.24, 2.45) is 0 Å². The molecule has 1 aromatic carbocycles. The molecule has 0 amide bonds. The number of carbonyl (C=O) groups is 1. The Bertz CT molecular complexity index is 421. The Morgan fingerprint density at radius 2 is 2.15 bits per heavy atom. The Balaban J connectivity index is 2.08. The highest BCUT2D eigenvalue weighted by Crippen LogP contribution is 2.20. The van der Waals surface area contributed by atoms with Crippen molar-refractivity contribution in [3.8, 4) is 0 Å². The monoisotopic (exact) mass is 277 g/mol. The summed E-state index contributed by atoms with van der Waals surface area (Å²) in [6.45, 7) is 4.88. The van der Waals surface area contributed by atoms with Gasteiger partial charge in [-0.25, -0.2) is 0 Å². The summed E-state index contributed by atoms with van der Waals surface area (Å²) in [7, 11) is 0. The molecule has 1 aliphatic heterocycles. The number of carbonyl (C=O) groups excluding carboxylic acids is 1. The van der Waals surface area contributed by atoms with Gasteiger partial charge in [-0.3, -0.25) is 4.90 Å². The van der Waals surface area contributed by atoms with Gasteiger partial charge in [0.25, 0.3) is 0 Å². The van der Waals surface area contributed by atoms with Crippen LogP contribution < -0.4 is 0 Å². The number of morpholine rings is 1. The number of benzene rings is 1. The average molecular weight is 277 g/mol. The molecular weight excluding hydrogens is 254 g/mol. The van der Waals surface area contributed by atoms with Crippen LogP contribution in [0, 0.1) is 0 Å². The van der Waals surface area contributed by atoms with Gasteiger partial charge in [0, 0.05) is 6.54 Å². The van der Waals surface area contributed by atoms with Crippen molar-refractivity contribution in [3.05, 3.63) is 35.9 Å². The lowest BCUT2D eigenvalue weighted by Gasteiger charge is -2.44. The minimum atomic E-state index is -0.513. The first-order chi connectivity index (χ1) is 9.63. The number of rotatable bonds is 5. The fourth-order valence-corrected chi connectivity index (χ4v) is 2.76. The third kappa shape index (κ3) is 3.45. The summed E-state index contributed by atoms with van der Waals surface area (Å²) in [5.74, 6) is 0. The van der Waals surface area contributed by atoms with Crippen molar-refractivity contribution >= 4 is 6.29 Å². The fourth-order valence-electron chi connectivity index (χ4n) is 2.76. The van der Waals surface area contributed by atoms with Crippen LogP contribution in [0.4, 0.5) is 0 Å². The maximum Gasteiger partial charge on any atom is 0.139 e. The van der Waals surface area contributed by atoms with Gasteiger partial charge in [0.05, 0.1) is 30.9 Å². The summed E-state index contributed by atoms with van der Waals surface area (Å²) < 4.78 is 5.60. The molecule has 0 radical (unpaired) electrons. The third-order valence-corrected chi connectivity index (χ3v) is 4.02. The Morgan fingerprint density at radius 1 is 1.45 bits per heavy atom.